The summed E-state index contributed by atoms with van der Waals surface area (Å²) >= 11 is 1.51. The molecule has 0 aromatic carbocycles. The average Bonchev–Trinajstić information content (AvgIpc) is 2.95. The fraction of sp³-hybridized carbons (Fsp3) is 0.833. The van der Waals surface area contributed by atoms with E-state index in [0.717, 1.165) is 56.2 Å². The first-order valence-corrected chi connectivity index (χ1v) is 10.4. The molecule has 1 saturated heterocycles. The van der Waals surface area contributed by atoms with Crippen molar-refractivity contribution in [3.8, 4) is 0 Å². The van der Waals surface area contributed by atoms with E-state index < -0.39 is 0 Å². The number of hydrogen-bond donors (Lipinski definition) is 0. The number of aryl methyl sites for hydroxylation is 1. The van der Waals surface area contributed by atoms with Crippen molar-refractivity contribution in [3.63, 3.8) is 0 Å². The van der Waals surface area contributed by atoms with Gasteiger partial charge < -0.3 is 14.2 Å². The van der Waals surface area contributed by atoms with Crippen molar-refractivity contribution in [1.82, 2.24) is 19.7 Å². The molecule has 1 aromatic heterocycles. The first-order valence-electron chi connectivity index (χ1n) is 9.43. The Kier molecular flexibility index (Phi) is 8.22. The molecule has 2 heterocycles. The number of thioether (sulfide) groups is 1. The van der Waals surface area contributed by atoms with E-state index in [1.54, 1.807) is 7.11 Å². The van der Waals surface area contributed by atoms with Crippen molar-refractivity contribution in [2.75, 3.05) is 19.5 Å². The van der Waals surface area contributed by atoms with Crippen molar-refractivity contribution in [2.24, 2.45) is 0 Å². The van der Waals surface area contributed by atoms with Gasteiger partial charge in [-0.2, -0.15) is 0 Å². The molecule has 0 spiro atoms. The number of aromatic nitrogens is 3. The lowest BCUT2D eigenvalue weighted by molar-refractivity contribution is -0.134. The summed E-state index contributed by atoms with van der Waals surface area (Å²) in [6.07, 6.45) is 6.30. The SMILES string of the molecule is CCCc1nnc(SCC(=O)N2[C@H](C)CCC[C@@H]2C)n1CCCOC. The van der Waals surface area contributed by atoms with Crippen molar-refractivity contribution in [3.05, 3.63) is 5.82 Å². The van der Waals surface area contributed by atoms with E-state index in [-0.39, 0.29) is 5.91 Å². The van der Waals surface area contributed by atoms with E-state index in [2.05, 4.69) is 40.4 Å². The second kappa shape index (κ2) is 10.2. The third-order valence-electron chi connectivity index (χ3n) is 4.80. The number of ether oxygens (including phenoxy) is 1. The van der Waals surface area contributed by atoms with E-state index in [1.165, 1.54) is 18.2 Å². The molecule has 142 valence electrons. The Balaban J connectivity index is 2.00. The van der Waals surface area contributed by atoms with Crippen LogP contribution in [0.3, 0.4) is 0 Å². The quantitative estimate of drug-likeness (QED) is 0.495. The van der Waals surface area contributed by atoms with Gasteiger partial charge in [-0.1, -0.05) is 18.7 Å². The van der Waals surface area contributed by atoms with Gasteiger partial charge in [-0.3, -0.25) is 4.79 Å². The molecule has 2 rings (SSSR count). The average molecular weight is 369 g/mol. The lowest BCUT2D eigenvalue weighted by Crippen LogP contribution is -2.48. The van der Waals surface area contributed by atoms with Crippen LogP contribution in [0.5, 0.6) is 0 Å². The highest BCUT2D eigenvalue weighted by Crippen LogP contribution is 2.25. The maximum Gasteiger partial charge on any atom is 0.233 e. The van der Waals surface area contributed by atoms with E-state index in [9.17, 15) is 4.79 Å². The van der Waals surface area contributed by atoms with Crippen LogP contribution in [0, 0.1) is 0 Å². The Bertz CT molecular complexity index is 539. The molecule has 1 aromatic rings. The smallest absolute Gasteiger partial charge is 0.233 e. The molecule has 0 radical (unpaired) electrons. The van der Waals surface area contributed by atoms with Crippen LogP contribution in [0.15, 0.2) is 5.16 Å². The summed E-state index contributed by atoms with van der Waals surface area (Å²) in [6, 6.07) is 0.680. The second-order valence-corrected chi connectivity index (χ2v) is 7.81. The van der Waals surface area contributed by atoms with E-state index >= 15 is 0 Å². The minimum absolute atomic E-state index is 0.216. The Labute approximate surface area is 155 Å². The maximum absolute atomic E-state index is 12.7. The number of likely N-dealkylation sites (tertiary alicyclic amines) is 1. The van der Waals surface area contributed by atoms with Gasteiger partial charge in [0.05, 0.1) is 5.75 Å². The standard InChI is InChI=1S/C18H32N4O2S/c1-5-8-16-19-20-18(21(16)11-7-12-24-4)25-13-17(23)22-14(2)9-6-10-15(22)3/h14-15H,5-13H2,1-4H3/t14-,15+. The first kappa shape index (κ1) is 20.2. The normalized spacial score (nSPS) is 20.9. The predicted octanol–water partition coefficient (Wildman–Crippen LogP) is 3.15. The van der Waals surface area contributed by atoms with Crippen molar-refractivity contribution < 1.29 is 9.53 Å². The predicted molar refractivity (Wildman–Crippen MR) is 101 cm³/mol. The Morgan fingerprint density at radius 1 is 1.28 bits per heavy atom. The monoisotopic (exact) mass is 368 g/mol. The van der Waals surface area contributed by atoms with Crippen LogP contribution < -0.4 is 0 Å². The summed E-state index contributed by atoms with van der Waals surface area (Å²) in [5.74, 6) is 1.66. The number of carbonyl (C=O) groups is 1. The van der Waals surface area contributed by atoms with E-state index in [0.29, 0.717) is 17.8 Å². The molecular formula is C18H32N4O2S. The van der Waals surface area contributed by atoms with Crippen LogP contribution in [0.1, 0.15) is 58.7 Å². The molecule has 0 bridgehead atoms. The Hall–Kier alpha value is -1.08. The highest BCUT2D eigenvalue weighted by Gasteiger charge is 2.29. The van der Waals surface area contributed by atoms with Gasteiger partial charge in [-0.25, -0.2) is 0 Å². The Morgan fingerprint density at radius 3 is 2.64 bits per heavy atom. The maximum atomic E-state index is 12.7. The molecule has 1 amide bonds. The molecule has 6 nitrogen and oxygen atoms in total. The molecule has 2 atom stereocenters. The third-order valence-corrected chi connectivity index (χ3v) is 5.76. The zero-order chi connectivity index (χ0) is 18.2. The second-order valence-electron chi connectivity index (χ2n) is 6.87. The van der Waals surface area contributed by atoms with Crippen LogP contribution in [0.25, 0.3) is 0 Å². The van der Waals surface area contributed by atoms with Gasteiger partial charge in [-0.05, 0) is 46.0 Å². The highest BCUT2D eigenvalue weighted by atomic mass is 32.2. The van der Waals surface area contributed by atoms with Gasteiger partial charge in [0.1, 0.15) is 5.82 Å². The van der Waals surface area contributed by atoms with Crippen LogP contribution in [-0.2, 0) is 22.5 Å². The summed E-state index contributed by atoms with van der Waals surface area (Å²) in [4.78, 5) is 14.8. The summed E-state index contributed by atoms with van der Waals surface area (Å²) in [5, 5.41) is 9.52. The van der Waals surface area contributed by atoms with Crippen LogP contribution in [0.4, 0.5) is 0 Å². The number of rotatable bonds is 9. The minimum Gasteiger partial charge on any atom is -0.385 e. The van der Waals surface area contributed by atoms with Gasteiger partial charge in [-0.15, -0.1) is 10.2 Å². The fourth-order valence-electron chi connectivity index (χ4n) is 3.54. The minimum atomic E-state index is 0.216. The fourth-order valence-corrected chi connectivity index (χ4v) is 4.39. The number of amides is 1. The number of piperidine rings is 1. The summed E-state index contributed by atoms with van der Waals surface area (Å²) < 4.78 is 7.32. The van der Waals surface area contributed by atoms with Gasteiger partial charge in [0, 0.05) is 38.8 Å². The summed E-state index contributed by atoms with van der Waals surface area (Å²) in [5.41, 5.74) is 0. The lowest BCUT2D eigenvalue weighted by atomic mass is 9.98. The molecular weight excluding hydrogens is 336 g/mol. The molecule has 7 heteroatoms. The number of methoxy groups -OCH3 is 1. The number of hydrogen-bond acceptors (Lipinski definition) is 5. The van der Waals surface area contributed by atoms with Crippen molar-refractivity contribution >= 4 is 17.7 Å². The molecule has 1 aliphatic rings. The Morgan fingerprint density at radius 2 is 2.00 bits per heavy atom. The van der Waals surface area contributed by atoms with Crippen molar-refractivity contribution in [2.45, 2.75) is 83.1 Å². The summed E-state index contributed by atoms with van der Waals surface area (Å²) in [6.45, 7) is 8.01. The number of nitrogens with zero attached hydrogens (tertiary/aromatic N) is 4. The molecule has 0 aliphatic carbocycles. The van der Waals surface area contributed by atoms with Gasteiger partial charge in [0.2, 0.25) is 5.91 Å². The van der Waals surface area contributed by atoms with Crippen molar-refractivity contribution in [1.29, 1.82) is 0 Å². The zero-order valence-electron chi connectivity index (χ0n) is 16.0. The zero-order valence-corrected chi connectivity index (χ0v) is 16.8. The van der Waals surface area contributed by atoms with Crippen LogP contribution >= 0.6 is 11.8 Å². The molecule has 0 unspecified atom stereocenters. The van der Waals surface area contributed by atoms with Gasteiger partial charge in [0.15, 0.2) is 5.16 Å². The highest BCUT2D eigenvalue weighted by molar-refractivity contribution is 7.99. The van der Waals surface area contributed by atoms with Crippen LogP contribution in [0.2, 0.25) is 0 Å². The molecule has 1 aliphatic heterocycles. The first-order chi connectivity index (χ1) is 12.1. The molecule has 0 saturated carbocycles. The van der Waals surface area contributed by atoms with E-state index in [1.807, 2.05) is 0 Å². The topological polar surface area (TPSA) is 60.2 Å². The van der Waals surface area contributed by atoms with Gasteiger partial charge in [0.25, 0.3) is 0 Å². The number of carbonyl (C=O) groups excluding carboxylic acids is 1. The van der Waals surface area contributed by atoms with E-state index in [4.69, 9.17) is 4.74 Å². The third kappa shape index (κ3) is 5.45. The molecule has 25 heavy (non-hydrogen) atoms. The van der Waals surface area contributed by atoms with Gasteiger partial charge >= 0.3 is 0 Å². The lowest BCUT2D eigenvalue weighted by Gasteiger charge is -2.39. The summed E-state index contributed by atoms with van der Waals surface area (Å²) in [7, 11) is 1.72. The largest absolute Gasteiger partial charge is 0.385 e. The van der Waals surface area contributed by atoms with Crippen LogP contribution in [-0.4, -0.2) is 57.1 Å². The molecule has 1 fully saturated rings. The molecule has 0 N–H and O–H groups in total.